The molecule has 2 heterocycles. The van der Waals surface area contributed by atoms with Gasteiger partial charge in [0.1, 0.15) is 16.5 Å². The molecular weight excluding hydrogens is 316 g/mol. The number of methoxy groups -OCH3 is 1. The molecule has 0 aliphatic rings. The Hall–Kier alpha value is -3.43. The van der Waals surface area contributed by atoms with E-state index < -0.39 is 10.8 Å². The van der Waals surface area contributed by atoms with Gasteiger partial charge in [0, 0.05) is 17.5 Å². The Morgan fingerprint density at radius 3 is 2.79 bits per heavy atom. The number of rotatable bonds is 4. The van der Waals surface area contributed by atoms with E-state index in [1.54, 1.807) is 31.2 Å². The number of nitrogens with zero attached hydrogens (tertiary/aromatic N) is 5. The molecule has 0 radical (unpaired) electrons. The normalized spacial score (nSPS) is 11.9. The second-order valence-electron chi connectivity index (χ2n) is 5.04. The van der Waals surface area contributed by atoms with Gasteiger partial charge in [-0.05, 0) is 24.0 Å². The zero-order valence-electron chi connectivity index (χ0n) is 13.2. The molecule has 0 bridgehead atoms. The highest BCUT2D eigenvalue weighted by Gasteiger charge is 2.33. The first-order chi connectivity index (χ1) is 11.4. The zero-order chi connectivity index (χ0) is 17.4. The van der Waals surface area contributed by atoms with E-state index in [0.717, 1.165) is 4.63 Å². The molecule has 0 saturated carbocycles. The van der Waals surface area contributed by atoms with Gasteiger partial charge in [0.2, 0.25) is 0 Å². The Bertz CT molecular complexity index is 971. The minimum absolute atomic E-state index is 0.108. The molecule has 0 unspecified atom stereocenters. The molecular formula is C14H14N6O4. The van der Waals surface area contributed by atoms with Crippen molar-refractivity contribution in [2.24, 2.45) is 4.99 Å². The van der Waals surface area contributed by atoms with Crippen molar-refractivity contribution in [2.45, 2.75) is 13.8 Å². The van der Waals surface area contributed by atoms with E-state index >= 15 is 0 Å². The van der Waals surface area contributed by atoms with Gasteiger partial charge >= 0.3 is 5.82 Å². The van der Waals surface area contributed by atoms with Crippen LogP contribution in [0.3, 0.4) is 0 Å². The Balaban J connectivity index is 2.19. The molecule has 24 heavy (non-hydrogen) atoms. The summed E-state index contributed by atoms with van der Waals surface area (Å²) in [4.78, 5) is 14.6. The molecule has 3 aromatic rings. The molecule has 0 atom stereocenters. The molecule has 0 aliphatic carbocycles. The highest BCUT2D eigenvalue weighted by atomic mass is 16.6. The molecule has 10 nitrogen and oxygen atoms in total. The number of aromatic amines is 1. The molecule has 0 aliphatic heterocycles. The average Bonchev–Trinajstić information content (AvgIpc) is 2.99. The van der Waals surface area contributed by atoms with Crippen molar-refractivity contribution in [2.75, 3.05) is 7.11 Å². The number of aliphatic imine (C=N–C) groups is 1. The quantitative estimate of drug-likeness (QED) is 0.241. The number of nitrogens with one attached hydrogen (secondary N) is 1. The molecule has 1 aromatic carbocycles. The molecule has 2 aromatic heterocycles. The number of para-hydroxylation sites is 2. The number of nitro groups is 1. The highest BCUT2D eigenvalue weighted by Crippen LogP contribution is 2.26. The fraction of sp³-hybridized carbons (Fsp3) is 0.214. The van der Waals surface area contributed by atoms with Gasteiger partial charge in [0.15, 0.2) is 10.3 Å². The first-order valence-corrected chi connectivity index (χ1v) is 6.97. The summed E-state index contributed by atoms with van der Waals surface area (Å²) in [7, 11) is 1.48. The van der Waals surface area contributed by atoms with E-state index in [9.17, 15) is 15.2 Å². The van der Waals surface area contributed by atoms with Crippen molar-refractivity contribution >= 4 is 17.4 Å². The Labute approximate surface area is 135 Å². The number of fused-ring (bicyclic) bond motifs is 1. The van der Waals surface area contributed by atoms with Crippen molar-refractivity contribution in [1.82, 2.24) is 14.8 Å². The third-order valence-corrected chi connectivity index (χ3v) is 3.47. The summed E-state index contributed by atoms with van der Waals surface area (Å²) < 4.78 is 7.41. The summed E-state index contributed by atoms with van der Waals surface area (Å²) in [5.41, 5.74) is 1.07. The Morgan fingerprint density at radius 1 is 1.42 bits per heavy atom. The number of hydrogen-bond donors (Lipinski definition) is 1. The monoisotopic (exact) mass is 330 g/mol. The third kappa shape index (κ3) is 2.33. The summed E-state index contributed by atoms with van der Waals surface area (Å²) in [5, 5.41) is 30.5. The van der Waals surface area contributed by atoms with Crippen molar-refractivity contribution in [3.8, 4) is 5.75 Å². The van der Waals surface area contributed by atoms with Crippen molar-refractivity contribution in [3.05, 3.63) is 51.5 Å². The van der Waals surface area contributed by atoms with Gasteiger partial charge in [0.05, 0.1) is 7.11 Å². The fourth-order valence-electron chi connectivity index (χ4n) is 2.43. The lowest BCUT2D eigenvalue weighted by atomic mass is 10.3. The highest BCUT2D eigenvalue weighted by molar-refractivity contribution is 5.90. The Morgan fingerprint density at radius 2 is 2.12 bits per heavy atom. The van der Waals surface area contributed by atoms with Crippen LogP contribution < -0.4 is 14.5 Å². The van der Waals surface area contributed by atoms with Crippen LogP contribution >= 0.6 is 0 Å². The topological polar surface area (TPSA) is 125 Å². The first-order valence-electron chi connectivity index (χ1n) is 6.97. The first kappa shape index (κ1) is 15.5. The lowest BCUT2D eigenvalue weighted by Crippen LogP contribution is -2.39. The molecule has 0 spiro atoms. The van der Waals surface area contributed by atoms with Gasteiger partial charge in [0.25, 0.3) is 11.4 Å². The van der Waals surface area contributed by atoms with Crippen molar-refractivity contribution in [1.29, 1.82) is 0 Å². The van der Waals surface area contributed by atoms with Gasteiger partial charge in [-0.25, -0.2) is 0 Å². The molecule has 3 rings (SSSR count). The van der Waals surface area contributed by atoms with E-state index in [-0.39, 0.29) is 17.2 Å². The summed E-state index contributed by atoms with van der Waals surface area (Å²) >= 11 is 0. The number of H-pyrrole nitrogens is 1. The average molecular weight is 330 g/mol. The maximum Gasteiger partial charge on any atom is 0.436 e. The van der Waals surface area contributed by atoms with Gasteiger partial charge < -0.3 is 20.0 Å². The summed E-state index contributed by atoms with van der Waals surface area (Å²) in [6, 6.07) is 6.81. The molecule has 0 saturated heterocycles. The third-order valence-electron chi connectivity index (χ3n) is 3.47. The second-order valence-corrected chi connectivity index (χ2v) is 5.04. The molecule has 0 amide bonds. The van der Waals surface area contributed by atoms with Crippen LogP contribution in [0.25, 0.3) is 0 Å². The molecule has 10 heteroatoms. The molecule has 0 fully saturated rings. The SMILES string of the molecule is COc1ccccc1N=C([O-])c1c(C)nn2c([N+](=O)[O-])c(C)[nH][n+]12. The van der Waals surface area contributed by atoms with Crippen molar-refractivity contribution in [3.63, 3.8) is 0 Å². The zero-order valence-corrected chi connectivity index (χ0v) is 13.2. The number of aryl methyl sites for hydroxylation is 2. The van der Waals surface area contributed by atoms with E-state index in [2.05, 4.69) is 15.2 Å². The minimum atomic E-state index is -0.590. The summed E-state index contributed by atoms with van der Waals surface area (Å²) in [6.45, 7) is 3.11. The maximum absolute atomic E-state index is 12.6. The fourth-order valence-corrected chi connectivity index (χ4v) is 2.43. The van der Waals surface area contributed by atoms with Gasteiger partial charge in [-0.2, -0.15) is 5.10 Å². The van der Waals surface area contributed by atoms with Gasteiger partial charge in [-0.15, -0.1) is 0 Å². The van der Waals surface area contributed by atoms with Crippen LogP contribution in [0, 0.1) is 24.0 Å². The lowest BCUT2D eigenvalue weighted by molar-refractivity contribution is -0.683. The minimum Gasteiger partial charge on any atom is -0.855 e. The predicted octanol–water partition coefficient (Wildman–Crippen LogP) is 0.220. The van der Waals surface area contributed by atoms with Crippen LogP contribution in [0.4, 0.5) is 11.5 Å². The van der Waals surface area contributed by atoms with E-state index in [4.69, 9.17) is 4.74 Å². The van der Waals surface area contributed by atoms with Crippen LogP contribution in [-0.2, 0) is 0 Å². The van der Waals surface area contributed by atoms with Gasteiger partial charge in [-0.3, -0.25) is 4.99 Å². The van der Waals surface area contributed by atoms with Crippen LogP contribution in [-0.4, -0.2) is 32.8 Å². The van der Waals surface area contributed by atoms with Crippen LogP contribution in [0.15, 0.2) is 29.3 Å². The number of hydrogen-bond acceptors (Lipinski definition) is 6. The maximum atomic E-state index is 12.6. The Kier molecular flexibility index (Phi) is 3.64. The predicted molar refractivity (Wildman–Crippen MR) is 80.5 cm³/mol. The number of ether oxygens (including phenoxy) is 1. The second kappa shape index (κ2) is 5.65. The summed E-state index contributed by atoms with van der Waals surface area (Å²) in [5.74, 6) is -0.381. The molecule has 124 valence electrons. The molecule has 1 N–H and O–H groups in total. The lowest BCUT2D eigenvalue weighted by Gasteiger charge is -2.08. The van der Waals surface area contributed by atoms with Crippen LogP contribution in [0.1, 0.15) is 17.1 Å². The van der Waals surface area contributed by atoms with E-state index in [1.807, 2.05) is 0 Å². The van der Waals surface area contributed by atoms with Gasteiger partial charge in [-0.1, -0.05) is 12.1 Å². The van der Waals surface area contributed by atoms with Crippen molar-refractivity contribution < 1.29 is 19.4 Å². The standard InChI is InChI=1S/C14H14N6O4/c1-8-12(13(21)15-10-6-4-5-7-11(10)24-3)18-17-9(2)14(20(22)23)19(18)16-8/h4-7H,1-3H3,(H-,15,16,17,21). The van der Waals surface area contributed by atoms with E-state index in [0.29, 0.717) is 17.1 Å². The smallest absolute Gasteiger partial charge is 0.436 e. The largest absolute Gasteiger partial charge is 0.855 e. The number of aromatic nitrogens is 4. The van der Waals surface area contributed by atoms with E-state index in [1.165, 1.54) is 18.7 Å². The van der Waals surface area contributed by atoms with Crippen LogP contribution in [0.2, 0.25) is 0 Å². The summed E-state index contributed by atoms with van der Waals surface area (Å²) in [6.07, 6.45) is 0. The van der Waals surface area contributed by atoms with Crippen LogP contribution in [0.5, 0.6) is 5.75 Å². The number of benzene rings is 1.